The molecule has 0 aromatic carbocycles. The SMILES string of the molecule is C.CN(C)C=O.Cc1ncc(C=O)n1C.Cc1nccn1C. The molecule has 0 bridgehead atoms. The standard InChI is InChI=1S/C6H8N2O.C5H8N2.C3H7NO.CH4/c1-5-7-3-6(4-9)8(5)2;1-5-6-3-4-7(5)2;1-4(2)3-5;/h3-4H,1-2H3;3-4H,1-2H3;3H,1-2H3;1H4. The van der Waals surface area contributed by atoms with E-state index in [0.29, 0.717) is 5.69 Å². The summed E-state index contributed by atoms with van der Waals surface area (Å²) in [7, 11) is 7.16. The Balaban J connectivity index is 0. The molecule has 0 saturated heterocycles. The van der Waals surface area contributed by atoms with Gasteiger partial charge in [-0.2, -0.15) is 0 Å². The zero-order valence-electron chi connectivity index (χ0n) is 13.4. The van der Waals surface area contributed by atoms with Crippen LogP contribution in [0.15, 0.2) is 18.6 Å². The first-order valence-corrected chi connectivity index (χ1v) is 6.32. The molecule has 0 fully saturated rings. The molecular formula is C15H27N5O2. The largest absolute Gasteiger partial charge is 0.351 e. The number of aldehydes is 1. The van der Waals surface area contributed by atoms with Gasteiger partial charge in [0.2, 0.25) is 6.41 Å². The van der Waals surface area contributed by atoms with Crippen molar-refractivity contribution < 1.29 is 9.59 Å². The van der Waals surface area contributed by atoms with Gasteiger partial charge in [0, 0.05) is 40.6 Å². The first kappa shape index (κ1) is 21.9. The van der Waals surface area contributed by atoms with Crippen LogP contribution < -0.4 is 0 Å². The number of rotatable bonds is 2. The Morgan fingerprint density at radius 3 is 1.77 bits per heavy atom. The highest BCUT2D eigenvalue weighted by molar-refractivity contribution is 5.71. The number of amides is 1. The maximum atomic E-state index is 10.2. The van der Waals surface area contributed by atoms with E-state index in [1.807, 2.05) is 38.7 Å². The Bertz CT molecular complexity index is 542. The van der Waals surface area contributed by atoms with Gasteiger partial charge in [-0.1, -0.05) is 7.43 Å². The molecule has 124 valence electrons. The summed E-state index contributed by atoms with van der Waals surface area (Å²) in [4.78, 5) is 29.0. The van der Waals surface area contributed by atoms with E-state index in [-0.39, 0.29) is 7.43 Å². The first-order chi connectivity index (χ1) is 9.83. The van der Waals surface area contributed by atoms with Crippen molar-refractivity contribution in [2.24, 2.45) is 14.1 Å². The Hall–Kier alpha value is -2.44. The van der Waals surface area contributed by atoms with Gasteiger partial charge < -0.3 is 14.0 Å². The average Bonchev–Trinajstić information content (AvgIpc) is 2.98. The number of hydrogen-bond acceptors (Lipinski definition) is 4. The van der Waals surface area contributed by atoms with Crippen molar-refractivity contribution in [1.29, 1.82) is 0 Å². The second-order valence-corrected chi connectivity index (χ2v) is 4.56. The number of nitrogens with zero attached hydrogens (tertiary/aromatic N) is 5. The first-order valence-electron chi connectivity index (χ1n) is 6.32. The van der Waals surface area contributed by atoms with Gasteiger partial charge in [0.15, 0.2) is 6.29 Å². The van der Waals surface area contributed by atoms with Crippen LogP contribution in [0.4, 0.5) is 0 Å². The van der Waals surface area contributed by atoms with E-state index >= 15 is 0 Å². The second kappa shape index (κ2) is 11.2. The molecule has 22 heavy (non-hydrogen) atoms. The predicted molar refractivity (Wildman–Crippen MR) is 87.8 cm³/mol. The van der Waals surface area contributed by atoms with Crippen LogP contribution in [0, 0.1) is 13.8 Å². The van der Waals surface area contributed by atoms with Gasteiger partial charge in [0.1, 0.15) is 17.3 Å². The molecule has 2 aromatic heterocycles. The van der Waals surface area contributed by atoms with E-state index in [0.717, 1.165) is 24.3 Å². The third-order valence-corrected chi connectivity index (χ3v) is 2.65. The lowest BCUT2D eigenvalue weighted by Crippen LogP contribution is -2.06. The van der Waals surface area contributed by atoms with Gasteiger partial charge in [0.25, 0.3) is 0 Å². The van der Waals surface area contributed by atoms with E-state index in [9.17, 15) is 9.59 Å². The third-order valence-electron chi connectivity index (χ3n) is 2.65. The van der Waals surface area contributed by atoms with Crippen molar-refractivity contribution in [2.45, 2.75) is 21.3 Å². The quantitative estimate of drug-likeness (QED) is 0.790. The molecule has 0 saturated carbocycles. The molecule has 2 heterocycles. The summed E-state index contributed by atoms with van der Waals surface area (Å²) >= 11 is 0. The minimum atomic E-state index is 0. The van der Waals surface area contributed by atoms with E-state index in [4.69, 9.17) is 0 Å². The molecule has 2 aromatic rings. The maximum Gasteiger partial charge on any atom is 0.209 e. The Labute approximate surface area is 132 Å². The minimum absolute atomic E-state index is 0. The fraction of sp³-hybridized carbons (Fsp3) is 0.467. The van der Waals surface area contributed by atoms with Crippen LogP contribution in [0.25, 0.3) is 0 Å². The summed E-state index contributed by atoms with van der Waals surface area (Å²) in [6.45, 7) is 3.83. The molecule has 0 aliphatic rings. The van der Waals surface area contributed by atoms with E-state index < -0.39 is 0 Å². The number of imidazole rings is 2. The zero-order chi connectivity index (χ0) is 16.4. The highest BCUT2D eigenvalue weighted by atomic mass is 16.1. The topological polar surface area (TPSA) is 73.0 Å². The second-order valence-electron chi connectivity index (χ2n) is 4.56. The molecule has 1 amide bonds. The number of hydrogen-bond donors (Lipinski definition) is 0. The summed E-state index contributed by atoms with van der Waals surface area (Å²) in [6.07, 6.45) is 6.81. The van der Waals surface area contributed by atoms with Crippen LogP contribution >= 0.6 is 0 Å². The van der Waals surface area contributed by atoms with Gasteiger partial charge in [-0.25, -0.2) is 9.97 Å². The van der Waals surface area contributed by atoms with Gasteiger partial charge in [-0.3, -0.25) is 9.59 Å². The molecule has 0 radical (unpaired) electrons. The number of aryl methyl sites for hydroxylation is 3. The van der Waals surface area contributed by atoms with Crippen LogP contribution in [-0.4, -0.2) is 50.8 Å². The summed E-state index contributed by atoms with van der Waals surface area (Å²) < 4.78 is 3.72. The maximum absolute atomic E-state index is 10.2. The predicted octanol–water partition coefficient (Wildman–Crippen LogP) is 1.61. The van der Waals surface area contributed by atoms with E-state index in [1.165, 1.54) is 4.90 Å². The van der Waals surface area contributed by atoms with Crippen molar-refractivity contribution in [3.63, 3.8) is 0 Å². The number of carbonyl (C=O) groups excluding carboxylic acids is 2. The van der Waals surface area contributed by atoms with Gasteiger partial charge >= 0.3 is 0 Å². The summed E-state index contributed by atoms with van der Waals surface area (Å²) in [5.74, 6) is 1.91. The van der Waals surface area contributed by atoms with Crippen molar-refractivity contribution in [1.82, 2.24) is 24.0 Å². The zero-order valence-corrected chi connectivity index (χ0v) is 13.4. The van der Waals surface area contributed by atoms with Crippen molar-refractivity contribution in [3.05, 3.63) is 35.9 Å². The number of carbonyl (C=O) groups is 2. The lowest BCUT2D eigenvalue weighted by molar-refractivity contribution is -0.115. The van der Waals surface area contributed by atoms with E-state index in [1.54, 1.807) is 31.1 Å². The average molecular weight is 309 g/mol. The van der Waals surface area contributed by atoms with Crippen LogP contribution in [0.5, 0.6) is 0 Å². The smallest absolute Gasteiger partial charge is 0.209 e. The lowest BCUT2D eigenvalue weighted by atomic mass is 10.5. The highest BCUT2D eigenvalue weighted by Gasteiger charge is 1.97. The molecule has 0 unspecified atom stereocenters. The Morgan fingerprint density at radius 2 is 1.64 bits per heavy atom. The summed E-state index contributed by atoms with van der Waals surface area (Å²) in [5, 5.41) is 0. The highest BCUT2D eigenvalue weighted by Crippen LogP contribution is 1.96. The molecule has 7 heteroatoms. The Kier molecular flexibility index (Phi) is 11.2. The van der Waals surface area contributed by atoms with Crippen LogP contribution in [-0.2, 0) is 18.9 Å². The van der Waals surface area contributed by atoms with Gasteiger partial charge in [-0.05, 0) is 13.8 Å². The van der Waals surface area contributed by atoms with Gasteiger partial charge in [-0.15, -0.1) is 0 Å². The lowest BCUT2D eigenvalue weighted by Gasteiger charge is -1.93. The van der Waals surface area contributed by atoms with Gasteiger partial charge in [0.05, 0.1) is 6.20 Å². The molecule has 2 rings (SSSR count). The molecule has 0 spiro atoms. The van der Waals surface area contributed by atoms with Crippen molar-refractivity contribution in [3.8, 4) is 0 Å². The molecule has 0 atom stereocenters. The van der Waals surface area contributed by atoms with Crippen molar-refractivity contribution in [2.75, 3.05) is 14.1 Å². The molecule has 7 nitrogen and oxygen atoms in total. The summed E-state index contributed by atoms with van der Waals surface area (Å²) in [6, 6.07) is 0. The Morgan fingerprint density at radius 1 is 1.09 bits per heavy atom. The third kappa shape index (κ3) is 7.98. The fourth-order valence-electron chi connectivity index (χ4n) is 1.07. The molecule has 0 N–H and O–H groups in total. The molecular weight excluding hydrogens is 282 g/mol. The van der Waals surface area contributed by atoms with Crippen LogP contribution in [0.2, 0.25) is 0 Å². The summed E-state index contributed by atoms with van der Waals surface area (Å²) in [5.41, 5.74) is 0.618. The molecule has 0 aliphatic heterocycles. The van der Waals surface area contributed by atoms with Crippen LogP contribution in [0.1, 0.15) is 29.6 Å². The van der Waals surface area contributed by atoms with E-state index in [2.05, 4.69) is 9.97 Å². The van der Waals surface area contributed by atoms with Crippen molar-refractivity contribution >= 4 is 12.7 Å². The molecule has 0 aliphatic carbocycles. The normalized spacial score (nSPS) is 8.45. The number of aromatic nitrogens is 4. The fourth-order valence-corrected chi connectivity index (χ4v) is 1.07. The van der Waals surface area contributed by atoms with Crippen LogP contribution in [0.3, 0.4) is 0 Å². The monoisotopic (exact) mass is 309 g/mol. The minimum Gasteiger partial charge on any atom is -0.351 e.